The van der Waals surface area contributed by atoms with E-state index in [4.69, 9.17) is 0 Å². The Morgan fingerprint density at radius 3 is 2.70 bits per heavy atom. The SMILES string of the molecule is Cn1c(C(=O)N2CCC(O)C2)cc2cc(-c3cc(-c4noc(C(F)(F)F)n4)ccn3)ncc21. The summed E-state index contributed by atoms with van der Waals surface area (Å²) in [5, 5.41) is 13.9. The van der Waals surface area contributed by atoms with E-state index in [0.717, 1.165) is 10.9 Å². The normalized spacial score (nSPS) is 16.6. The van der Waals surface area contributed by atoms with Gasteiger partial charge in [-0.25, -0.2) is 0 Å². The van der Waals surface area contributed by atoms with E-state index in [1.165, 1.54) is 18.3 Å². The fraction of sp³-hybridized carbons (Fsp3) is 0.286. The van der Waals surface area contributed by atoms with E-state index in [1.807, 2.05) is 0 Å². The zero-order valence-corrected chi connectivity index (χ0v) is 17.2. The van der Waals surface area contributed by atoms with Crippen LogP contribution in [0.1, 0.15) is 22.8 Å². The second kappa shape index (κ2) is 7.66. The van der Waals surface area contributed by atoms with Crippen molar-refractivity contribution in [1.82, 2.24) is 29.6 Å². The smallest absolute Gasteiger partial charge is 0.391 e. The van der Waals surface area contributed by atoms with E-state index in [-0.39, 0.29) is 17.3 Å². The first-order chi connectivity index (χ1) is 15.7. The molecule has 9 nitrogen and oxygen atoms in total. The molecule has 1 aliphatic heterocycles. The molecule has 1 amide bonds. The van der Waals surface area contributed by atoms with Gasteiger partial charge in [0.15, 0.2) is 0 Å². The van der Waals surface area contributed by atoms with Crippen LogP contribution in [-0.2, 0) is 13.2 Å². The van der Waals surface area contributed by atoms with Crippen LogP contribution in [0.15, 0.2) is 41.2 Å². The molecule has 1 aliphatic rings. The Hall–Kier alpha value is -3.80. The van der Waals surface area contributed by atoms with Crippen molar-refractivity contribution in [1.29, 1.82) is 0 Å². The number of rotatable bonds is 3. The number of aliphatic hydroxyl groups excluding tert-OH is 1. The van der Waals surface area contributed by atoms with Crippen molar-refractivity contribution >= 4 is 16.8 Å². The quantitative estimate of drug-likeness (QED) is 0.503. The average molecular weight is 458 g/mol. The van der Waals surface area contributed by atoms with Crippen molar-refractivity contribution in [2.24, 2.45) is 7.05 Å². The molecule has 1 N–H and O–H groups in total. The highest BCUT2D eigenvalue weighted by molar-refractivity contribution is 5.99. The van der Waals surface area contributed by atoms with Gasteiger partial charge in [-0.2, -0.15) is 18.2 Å². The lowest BCUT2D eigenvalue weighted by molar-refractivity contribution is -0.159. The molecule has 0 aliphatic carbocycles. The lowest BCUT2D eigenvalue weighted by atomic mass is 10.1. The fourth-order valence-electron chi connectivity index (χ4n) is 3.83. The van der Waals surface area contributed by atoms with Gasteiger partial charge in [-0.1, -0.05) is 5.16 Å². The molecule has 1 saturated heterocycles. The summed E-state index contributed by atoms with van der Waals surface area (Å²) >= 11 is 0. The van der Waals surface area contributed by atoms with E-state index in [0.29, 0.717) is 36.6 Å². The number of pyridine rings is 2. The number of likely N-dealkylation sites (tertiary alicyclic amines) is 1. The number of amides is 1. The largest absolute Gasteiger partial charge is 0.471 e. The summed E-state index contributed by atoms with van der Waals surface area (Å²) in [4.78, 5) is 26.5. The van der Waals surface area contributed by atoms with E-state index in [9.17, 15) is 23.1 Å². The van der Waals surface area contributed by atoms with E-state index >= 15 is 0 Å². The van der Waals surface area contributed by atoms with Gasteiger partial charge in [0.05, 0.1) is 29.2 Å². The highest BCUT2D eigenvalue weighted by Crippen LogP contribution is 2.30. The second-order valence-electron chi connectivity index (χ2n) is 7.76. The third-order valence-electron chi connectivity index (χ3n) is 5.55. The first kappa shape index (κ1) is 21.1. The third kappa shape index (κ3) is 3.82. The molecule has 5 heterocycles. The highest BCUT2D eigenvalue weighted by Gasteiger charge is 2.38. The maximum absolute atomic E-state index is 12.9. The Labute approximate surface area is 184 Å². The van der Waals surface area contributed by atoms with Gasteiger partial charge in [-0.3, -0.25) is 14.8 Å². The highest BCUT2D eigenvalue weighted by atomic mass is 19.4. The van der Waals surface area contributed by atoms with Crippen LogP contribution in [-0.4, -0.2) is 59.8 Å². The standard InChI is InChI=1S/C21H17F3N6O3/c1-29-16(19(32)30-5-3-13(31)10-30)8-12-7-15(26-9-17(12)29)14-6-11(2-4-25-14)18-27-20(33-28-18)21(22,23)24/h2,4,6-9,13,31H,3,5,10H2,1H3. The minimum atomic E-state index is -4.73. The van der Waals surface area contributed by atoms with E-state index in [1.54, 1.807) is 34.8 Å². The molecule has 170 valence electrons. The van der Waals surface area contributed by atoms with Gasteiger partial charge in [0.2, 0.25) is 5.82 Å². The van der Waals surface area contributed by atoms with E-state index < -0.39 is 18.2 Å². The molecule has 4 aromatic rings. The minimum Gasteiger partial charge on any atom is -0.391 e. The van der Waals surface area contributed by atoms with Crippen LogP contribution in [0.5, 0.6) is 0 Å². The van der Waals surface area contributed by atoms with Crippen LogP contribution in [0.4, 0.5) is 13.2 Å². The predicted octanol–water partition coefficient (Wildman–Crippen LogP) is 2.91. The number of nitrogens with zero attached hydrogens (tertiary/aromatic N) is 6. The Bertz CT molecular complexity index is 1360. The van der Waals surface area contributed by atoms with Gasteiger partial charge in [0.1, 0.15) is 5.69 Å². The van der Waals surface area contributed by atoms with Crippen LogP contribution in [0.2, 0.25) is 0 Å². The van der Waals surface area contributed by atoms with Gasteiger partial charge in [0.25, 0.3) is 5.91 Å². The zero-order chi connectivity index (χ0) is 23.3. The average Bonchev–Trinajstić information content (AvgIpc) is 3.52. The Morgan fingerprint density at radius 2 is 2.00 bits per heavy atom. The number of aliphatic hydroxyl groups is 1. The van der Waals surface area contributed by atoms with Crippen LogP contribution in [0.3, 0.4) is 0 Å². The molecular weight excluding hydrogens is 441 g/mol. The summed E-state index contributed by atoms with van der Waals surface area (Å²) in [6, 6.07) is 6.47. The van der Waals surface area contributed by atoms with Gasteiger partial charge in [-0.05, 0) is 30.7 Å². The number of aromatic nitrogens is 5. The van der Waals surface area contributed by atoms with Crippen LogP contribution < -0.4 is 0 Å². The number of carbonyl (C=O) groups excluding carboxylic acids is 1. The molecule has 0 bridgehead atoms. The second-order valence-corrected chi connectivity index (χ2v) is 7.76. The van der Waals surface area contributed by atoms with Gasteiger partial charge >= 0.3 is 12.1 Å². The Morgan fingerprint density at radius 1 is 1.21 bits per heavy atom. The van der Waals surface area contributed by atoms with Gasteiger partial charge in [-0.15, -0.1) is 0 Å². The fourth-order valence-corrected chi connectivity index (χ4v) is 3.83. The number of fused-ring (bicyclic) bond motifs is 1. The zero-order valence-electron chi connectivity index (χ0n) is 17.2. The number of hydrogen-bond donors (Lipinski definition) is 1. The molecule has 4 aromatic heterocycles. The summed E-state index contributed by atoms with van der Waals surface area (Å²) in [6.07, 6.45) is -1.68. The predicted molar refractivity (Wildman–Crippen MR) is 109 cm³/mol. The maximum Gasteiger partial charge on any atom is 0.471 e. The summed E-state index contributed by atoms with van der Waals surface area (Å²) < 4.78 is 44.3. The van der Waals surface area contributed by atoms with Crippen molar-refractivity contribution in [3.8, 4) is 22.8 Å². The lowest BCUT2D eigenvalue weighted by Gasteiger charge is -2.15. The van der Waals surface area contributed by atoms with Crippen LogP contribution in [0.25, 0.3) is 33.7 Å². The number of alkyl halides is 3. The van der Waals surface area contributed by atoms with Crippen molar-refractivity contribution < 1.29 is 27.6 Å². The molecule has 0 saturated carbocycles. The number of β-amino-alcohol motifs (C(OH)–C–C–N with tert-alkyl or cyclic N) is 1. The third-order valence-corrected chi connectivity index (χ3v) is 5.55. The number of hydrogen-bond acceptors (Lipinski definition) is 7. The van der Waals surface area contributed by atoms with Gasteiger partial charge < -0.3 is 19.1 Å². The summed E-state index contributed by atoms with van der Waals surface area (Å²) in [7, 11) is 1.76. The Balaban J connectivity index is 1.48. The van der Waals surface area contributed by atoms with E-state index in [2.05, 4.69) is 24.6 Å². The molecule has 12 heteroatoms. The summed E-state index contributed by atoms with van der Waals surface area (Å²) in [5.74, 6) is -1.82. The molecular formula is C21H17F3N6O3. The number of aryl methyl sites for hydroxylation is 1. The maximum atomic E-state index is 12.9. The molecule has 5 rings (SSSR count). The van der Waals surface area contributed by atoms with Crippen LogP contribution in [0, 0.1) is 0 Å². The Kier molecular flexibility index (Phi) is 4.89. The number of halogens is 3. The van der Waals surface area contributed by atoms with Crippen LogP contribution >= 0.6 is 0 Å². The molecule has 1 fully saturated rings. The van der Waals surface area contributed by atoms with Crippen molar-refractivity contribution in [3.63, 3.8) is 0 Å². The molecule has 0 spiro atoms. The minimum absolute atomic E-state index is 0.176. The number of carbonyl (C=O) groups is 1. The molecule has 0 radical (unpaired) electrons. The summed E-state index contributed by atoms with van der Waals surface area (Å²) in [6.45, 7) is 0.792. The molecule has 1 unspecified atom stereocenters. The molecule has 33 heavy (non-hydrogen) atoms. The summed E-state index contributed by atoms with van der Waals surface area (Å²) in [5.41, 5.74) is 2.34. The molecule has 0 aromatic carbocycles. The first-order valence-corrected chi connectivity index (χ1v) is 10.0. The first-order valence-electron chi connectivity index (χ1n) is 10.0. The van der Waals surface area contributed by atoms with Gasteiger partial charge in [0, 0.05) is 37.3 Å². The van der Waals surface area contributed by atoms with Crippen molar-refractivity contribution in [3.05, 3.63) is 48.2 Å². The lowest BCUT2D eigenvalue weighted by Crippen LogP contribution is -2.30. The monoisotopic (exact) mass is 458 g/mol. The topological polar surface area (TPSA) is 110 Å². The van der Waals surface area contributed by atoms with Crippen molar-refractivity contribution in [2.45, 2.75) is 18.7 Å². The van der Waals surface area contributed by atoms with Crippen molar-refractivity contribution in [2.75, 3.05) is 13.1 Å². The molecule has 1 atom stereocenters.